The van der Waals surface area contributed by atoms with E-state index in [-0.39, 0.29) is 6.04 Å². The zero-order valence-corrected chi connectivity index (χ0v) is 14.5. The normalized spacial score (nSPS) is 12.2. The van der Waals surface area contributed by atoms with Gasteiger partial charge in [-0.05, 0) is 74.2 Å². The number of ether oxygens (including phenoxy) is 1. The molecule has 20 heavy (non-hydrogen) atoms. The van der Waals surface area contributed by atoms with Gasteiger partial charge in [-0.25, -0.2) is 0 Å². The Morgan fingerprint density at radius 3 is 2.35 bits per heavy atom. The molecule has 1 heterocycles. The third-order valence-corrected chi connectivity index (χ3v) is 4.26. The Morgan fingerprint density at radius 1 is 1.20 bits per heavy atom. The summed E-state index contributed by atoms with van der Waals surface area (Å²) in [4.78, 5) is 4.03. The van der Waals surface area contributed by atoms with E-state index >= 15 is 0 Å². The minimum atomic E-state index is 0.276. The van der Waals surface area contributed by atoms with Gasteiger partial charge >= 0.3 is 0 Å². The average molecular weight is 400 g/mol. The molecule has 1 aromatic carbocycles. The van der Waals surface area contributed by atoms with E-state index in [0.717, 1.165) is 21.2 Å². The Morgan fingerprint density at radius 2 is 1.80 bits per heavy atom. The van der Waals surface area contributed by atoms with Gasteiger partial charge in [0.1, 0.15) is 5.75 Å². The molecule has 1 atom stereocenters. The standard InChI is InChI=1S/C15H16Br2N2O/c1-10(12-3-5-18-6-4-12)19-9-11-7-13(16)15(20-2)14(17)8-11/h3-8,10,19H,9H2,1-2H3/t10-/m0/s1. The summed E-state index contributed by atoms with van der Waals surface area (Å²) in [7, 11) is 1.66. The van der Waals surface area contributed by atoms with E-state index in [9.17, 15) is 0 Å². The zero-order chi connectivity index (χ0) is 14.5. The van der Waals surface area contributed by atoms with Crippen molar-refractivity contribution in [2.75, 3.05) is 7.11 Å². The number of rotatable bonds is 5. The van der Waals surface area contributed by atoms with Gasteiger partial charge in [-0.2, -0.15) is 0 Å². The molecule has 0 bridgehead atoms. The number of aromatic nitrogens is 1. The van der Waals surface area contributed by atoms with E-state index in [1.165, 1.54) is 11.1 Å². The summed E-state index contributed by atoms with van der Waals surface area (Å²) in [5.41, 5.74) is 2.41. The first-order chi connectivity index (χ1) is 9.61. The minimum absolute atomic E-state index is 0.276. The van der Waals surface area contributed by atoms with E-state index in [1.807, 2.05) is 24.5 Å². The van der Waals surface area contributed by atoms with E-state index in [0.29, 0.717) is 0 Å². The number of nitrogens with zero attached hydrogens (tertiary/aromatic N) is 1. The van der Waals surface area contributed by atoms with Crippen LogP contribution in [0.2, 0.25) is 0 Å². The molecule has 0 fully saturated rings. The monoisotopic (exact) mass is 398 g/mol. The van der Waals surface area contributed by atoms with E-state index in [1.54, 1.807) is 7.11 Å². The third-order valence-electron chi connectivity index (χ3n) is 3.08. The first-order valence-electron chi connectivity index (χ1n) is 6.27. The molecule has 1 N–H and O–H groups in total. The maximum Gasteiger partial charge on any atom is 0.147 e. The highest BCUT2D eigenvalue weighted by molar-refractivity contribution is 9.11. The highest BCUT2D eigenvalue weighted by Gasteiger charge is 2.09. The quantitative estimate of drug-likeness (QED) is 0.805. The van der Waals surface area contributed by atoms with Crippen molar-refractivity contribution in [2.24, 2.45) is 0 Å². The van der Waals surface area contributed by atoms with Gasteiger partial charge in [0, 0.05) is 25.0 Å². The van der Waals surface area contributed by atoms with Gasteiger partial charge < -0.3 is 10.1 Å². The van der Waals surface area contributed by atoms with Crippen molar-refractivity contribution in [2.45, 2.75) is 19.5 Å². The Balaban J connectivity index is 2.04. The lowest BCUT2D eigenvalue weighted by molar-refractivity contribution is 0.409. The molecule has 2 aromatic rings. The first-order valence-corrected chi connectivity index (χ1v) is 7.85. The summed E-state index contributed by atoms with van der Waals surface area (Å²) < 4.78 is 7.20. The lowest BCUT2D eigenvalue weighted by Gasteiger charge is -2.15. The van der Waals surface area contributed by atoms with E-state index < -0.39 is 0 Å². The van der Waals surface area contributed by atoms with E-state index in [4.69, 9.17) is 4.74 Å². The van der Waals surface area contributed by atoms with Crippen LogP contribution in [-0.4, -0.2) is 12.1 Å². The van der Waals surface area contributed by atoms with Crippen LogP contribution in [0.5, 0.6) is 5.75 Å². The van der Waals surface area contributed by atoms with Crippen molar-refractivity contribution >= 4 is 31.9 Å². The van der Waals surface area contributed by atoms with Crippen molar-refractivity contribution in [3.8, 4) is 5.75 Å². The second-order valence-electron chi connectivity index (χ2n) is 4.48. The molecule has 106 valence electrons. The Bertz CT molecular complexity index is 552. The molecular weight excluding hydrogens is 384 g/mol. The molecule has 0 amide bonds. The van der Waals surface area contributed by atoms with Gasteiger partial charge in [0.2, 0.25) is 0 Å². The highest BCUT2D eigenvalue weighted by Crippen LogP contribution is 2.34. The van der Waals surface area contributed by atoms with Crippen molar-refractivity contribution in [1.29, 1.82) is 0 Å². The number of benzene rings is 1. The number of hydrogen-bond acceptors (Lipinski definition) is 3. The number of hydrogen-bond donors (Lipinski definition) is 1. The number of methoxy groups -OCH3 is 1. The molecule has 0 radical (unpaired) electrons. The summed E-state index contributed by atoms with van der Waals surface area (Å²) in [6.07, 6.45) is 3.63. The van der Waals surface area contributed by atoms with Crippen LogP contribution in [0.4, 0.5) is 0 Å². The summed E-state index contributed by atoms with van der Waals surface area (Å²) in [6.45, 7) is 2.92. The fourth-order valence-electron chi connectivity index (χ4n) is 1.95. The average Bonchev–Trinajstić information content (AvgIpc) is 2.45. The van der Waals surface area contributed by atoms with Gasteiger partial charge in [0.05, 0.1) is 16.1 Å². The summed E-state index contributed by atoms with van der Waals surface area (Å²) in [5, 5.41) is 3.50. The molecule has 0 saturated carbocycles. The SMILES string of the molecule is COc1c(Br)cc(CN[C@@H](C)c2ccncc2)cc1Br. The van der Waals surface area contributed by atoms with Crippen LogP contribution in [0.15, 0.2) is 45.6 Å². The number of halogens is 2. The molecule has 1 aromatic heterocycles. The molecule has 3 nitrogen and oxygen atoms in total. The zero-order valence-electron chi connectivity index (χ0n) is 11.4. The second-order valence-corrected chi connectivity index (χ2v) is 6.18. The maximum atomic E-state index is 5.30. The van der Waals surface area contributed by atoms with Crippen molar-refractivity contribution in [3.63, 3.8) is 0 Å². The molecule has 0 aliphatic heterocycles. The van der Waals surface area contributed by atoms with Crippen LogP contribution in [0.25, 0.3) is 0 Å². The van der Waals surface area contributed by atoms with Crippen LogP contribution >= 0.6 is 31.9 Å². The molecule has 5 heteroatoms. The third kappa shape index (κ3) is 3.81. The van der Waals surface area contributed by atoms with Crippen molar-refractivity contribution in [3.05, 3.63) is 56.7 Å². The van der Waals surface area contributed by atoms with Crippen LogP contribution in [0.1, 0.15) is 24.1 Å². The van der Waals surface area contributed by atoms with Gasteiger partial charge in [0.25, 0.3) is 0 Å². The lowest BCUT2D eigenvalue weighted by Crippen LogP contribution is -2.18. The topological polar surface area (TPSA) is 34.1 Å². The van der Waals surface area contributed by atoms with E-state index in [2.05, 4.69) is 61.2 Å². The molecule has 0 spiro atoms. The van der Waals surface area contributed by atoms with Gasteiger partial charge in [-0.1, -0.05) is 0 Å². The fraction of sp³-hybridized carbons (Fsp3) is 0.267. The van der Waals surface area contributed by atoms with Crippen molar-refractivity contribution in [1.82, 2.24) is 10.3 Å². The minimum Gasteiger partial charge on any atom is -0.494 e. The van der Waals surface area contributed by atoms with Crippen LogP contribution < -0.4 is 10.1 Å². The summed E-state index contributed by atoms with van der Waals surface area (Å²) in [5.74, 6) is 0.816. The molecule has 0 aliphatic rings. The first kappa shape index (κ1) is 15.5. The predicted molar refractivity (Wildman–Crippen MR) is 87.9 cm³/mol. The maximum absolute atomic E-state index is 5.30. The Kier molecular flexibility index (Phi) is 5.57. The lowest BCUT2D eigenvalue weighted by atomic mass is 10.1. The Hall–Kier alpha value is -0.910. The Labute approximate surface area is 136 Å². The smallest absolute Gasteiger partial charge is 0.147 e. The second kappa shape index (κ2) is 7.20. The summed E-state index contributed by atoms with van der Waals surface area (Å²) >= 11 is 7.04. The highest BCUT2D eigenvalue weighted by atomic mass is 79.9. The van der Waals surface area contributed by atoms with Gasteiger partial charge in [0.15, 0.2) is 0 Å². The fourth-order valence-corrected chi connectivity index (χ4v) is 3.56. The molecule has 0 unspecified atom stereocenters. The molecule has 0 saturated heterocycles. The predicted octanol–water partition coefficient (Wildman–Crippen LogP) is 4.47. The summed E-state index contributed by atoms with van der Waals surface area (Å²) in [6, 6.07) is 8.46. The molecular formula is C15H16Br2N2O. The largest absolute Gasteiger partial charge is 0.494 e. The van der Waals surface area contributed by atoms with Gasteiger partial charge in [-0.3, -0.25) is 4.98 Å². The molecule has 2 rings (SSSR count). The van der Waals surface area contributed by atoms with Crippen LogP contribution in [0, 0.1) is 0 Å². The van der Waals surface area contributed by atoms with Crippen LogP contribution in [0.3, 0.4) is 0 Å². The van der Waals surface area contributed by atoms with Gasteiger partial charge in [-0.15, -0.1) is 0 Å². The number of pyridine rings is 1. The molecule has 0 aliphatic carbocycles. The van der Waals surface area contributed by atoms with Crippen LogP contribution in [-0.2, 0) is 6.54 Å². The van der Waals surface area contributed by atoms with Crippen molar-refractivity contribution < 1.29 is 4.74 Å². The number of nitrogens with one attached hydrogen (secondary N) is 1.